The van der Waals surface area contributed by atoms with E-state index < -0.39 is 6.04 Å². The average Bonchev–Trinajstić information content (AvgIpc) is 2.82. The summed E-state index contributed by atoms with van der Waals surface area (Å²) in [7, 11) is 1.58. The maximum atomic E-state index is 13.6. The van der Waals surface area contributed by atoms with Crippen molar-refractivity contribution in [2.45, 2.75) is 18.9 Å². The Morgan fingerprint density at radius 2 is 1.63 bits per heavy atom. The van der Waals surface area contributed by atoms with Crippen LogP contribution in [0.2, 0.25) is 0 Å². The van der Waals surface area contributed by atoms with Crippen molar-refractivity contribution in [2.24, 2.45) is 0 Å². The fourth-order valence-electron chi connectivity index (χ4n) is 3.81. The lowest BCUT2D eigenvalue weighted by Gasteiger charge is -2.32. The molecule has 3 aromatic rings. The maximum absolute atomic E-state index is 13.6. The first-order valence-corrected chi connectivity index (χ1v) is 10.1. The number of carbonyl (C=O) groups excluding carboxylic acids is 2. The second-order valence-corrected chi connectivity index (χ2v) is 7.27. The van der Waals surface area contributed by atoms with E-state index >= 15 is 0 Å². The molecule has 152 valence electrons. The highest BCUT2D eigenvalue weighted by Crippen LogP contribution is 2.29. The summed E-state index contributed by atoms with van der Waals surface area (Å²) in [4.78, 5) is 28.4. The third kappa shape index (κ3) is 4.06. The van der Waals surface area contributed by atoms with Gasteiger partial charge in [0, 0.05) is 17.8 Å². The van der Waals surface area contributed by atoms with Crippen LogP contribution in [-0.4, -0.2) is 25.5 Å². The van der Waals surface area contributed by atoms with E-state index in [4.69, 9.17) is 4.74 Å². The number of aryl methyl sites for hydroxylation is 1. The molecule has 2 amide bonds. The normalized spacial score (nSPS) is 13.8. The molecular weight excluding hydrogens is 376 g/mol. The molecule has 1 atom stereocenters. The second-order valence-electron chi connectivity index (χ2n) is 7.27. The summed E-state index contributed by atoms with van der Waals surface area (Å²) in [6.45, 7) is 0.636. The van der Waals surface area contributed by atoms with Gasteiger partial charge in [-0.3, -0.25) is 9.59 Å². The summed E-state index contributed by atoms with van der Waals surface area (Å²) in [5, 5.41) is 2.94. The van der Waals surface area contributed by atoms with Gasteiger partial charge < -0.3 is 15.0 Å². The molecule has 0 radical (unpaired) electrons. The largest absolute Gasteiger partial charge is 0.497 e. The molecule has 5 nitrogen and oxygen atoms in total. The molecule has 0 aromatic heterocycles. The molecule has 1 N–H and O–H groups in total. The van der Waals surface area contributed by atoms with Crippen LogP contribution in [-0.2, 0) is 11.2 Å². The fourth-order valence-corrected chi connectivity index (χ4v) is 3.81. The number of hydrogen-bond donors (Lipinski definition) is 1. The predicted molar refractivity (Wildman–Crippen MR) is 117 cm³/mol. The van der Waals surface area contributed by atoms with Gasteiger partial charge >= 0.3 is 0 Å². The molecule has 0 saturated heterocycles. The van der Waals surface area contributed by atoms with Gasteiger partial charge in [0.1, 0.15) is 11.8 Å². The van der Waals surface area contributed by atoms with Crippen molar-refractivity contribution in [1.29, 1.82) is 0 Å². The minimum absolute atomic E-state index is 0.129. The Balaban J connectivity index is 1.64. The molecule has 3 aromatic carbocycles. The summed E-state index contributed by atoms with van der Waals surface area (Å²) in [6, 6.07) is 23.4. The van der Waals surface area contributed by atoms with Crippen molar-refractivity contribution in [1.82, 2.24) is 5.32 Å². The molecule has 4 rings (SSSR count). The minimum atomic E-state index is -0.771. The number of anilines is 1. The molecule has 0 fully saturated rings. The maximum Gasteiger partial charge on any atom is 0.254 e. The van der Waals surface area contributed by atoms with Crippen LogP contribution in [0, 0.1) is 0 Å². The van der Waals surface area contributed by atoms with Crippen molar-refractivity contribution in [2.75, 3.05) is 18.6 Å². The van der Waals surface area contributed by atoms with Gasteiger partial charge in [-0.25, -0.2) is 0 Å². The van der Waals surface area contributed by atoms with Crippen LogP contribution in [0.3, 0.4) is 0 Å². The Morgan fingerprint density at radius 1 is 0.933 bits per heavy atom. The first kappa shape index (κ1) is 19.7. The van der Waals surface area contributed by atoms with Crippen molar-refractivity contribution in [3.63, 3.8) is 0 Å². The fraction of sp³-hybridized carbons (Fsp3) is 0.200. The molecule has 1 heterocycles. The zero-order valence-electron chi connectivity index (χ0n) is 16.9. The van der Waals surface area contributed by atoms with Crippen LogP contribution in [0.5, 0.6) is 5.75 Å². The highest BCUT2D eigenvalue weighted by atomic mass is 16.5. The van der Waals surface area contributed by atoms with Gasteiger partial charge in [0.25, 0.3) is 11.8 Å². The predicted octanol–water partition coefficient (Wildman–Crippen LogP) is 4.15. The Morgan fingerprint density at radius 3 is 2.37 bits per heavy atom. The van der Waals surface area contributed by atoms with Crippen LogP contribution in [0.25, 0.3) is 0 Å². The van der Waals surface area contributed by atoms with Crippen LogP contribution in [0.4, 0.5) is 5.69 Å². The second kappa shape index (κ2) is 8.82. The molecule has 0 spiro atoms. The highest BCUT2D eigenvalue weighted by molar-refractivity contribution is 6.03. The zero-order valence-corrected chi connectivity index (χ0v) is 16.9. The molecule has 1 aliphatic rings. The molecular formula is C25H24N2O3. The zero-order chi connectivity index (χ0) is 20.9. The number of amides is 2. The summed E-state index contributed by atoms with van der Waals surface area (Å²) < 4.78 is 5.16. The van der Waals surface area contributed by atoms with Crippen LogP contribution in [0.1, 0.15) is 33.9 Å². The summed E-state index contributed by atoms with van der Waals surface area (Å²) in [5.41, 5.74) is 3.31. The van der Waals surface area contributed by atoms with Crippen molar-refractivity contribution < 1.29 is 14.3 Å². The molecule has 0 saturated carbocycles. The summed E-state index contributed by atoms with van der Waals surface area (Å²) in [5.74, 6) is 0.243. The van der Waals surface area contributed by atoms with E-state index in [9.17, 15) is 9.59 Å². The number of methoxy groups -OCH3 is 1. The van der Waals surface area contributed by atoms with E-state index in [0.717, 1.165) is 29.7 Å². The van der Waals surface area contributed by atoms with E-state index in [0.29, 0.717) is 17.9 Å². The first-order valence-electron chi connectivity index (χ1n) is 10.1. The smallest absolute Gasteiger partial charge is 0.254 e. The summed E-state index contributed by atoms with van der Waals surface area (Å²) in [6.07, 6.45) is 1.85. The third-order valence-corrected chi connectivity index (χ3v) is 5.38. The summed E-state index contributed by atoms with van der Waals surface area (Å²) >= 11 is 0. The van der Waals surface area contributed by atoms with Crippen LogP contribution >= 0.6 is 0 Å². The number of carbonyl (C=O) groups is 2. The Kier molecular flexibility index (Phi) is 5.80. The van der Waals surface area contributed by atoms with Gasteiger partial charge in [0.05, 0.1) is 7.11 Å². The lowest BCUT2D eigenvalue weighted by atomic mass is 9.99. The van der Waals surface area contributed by atoms with Gasteiger partial charge in [-0.05, 0) is 54.3 Å². The Hall–Kier alpha value is -3.60. The number of benzene rings is 3. The lowest BCUT2D eigenvalue weighted by Crippen LogP contribution is -2.45. The van der Waals surface area contributed by atoms with Crippen LogP contribution < -0.4 is 15.0 Å². The minimum Gasteiger partial charge on any atom is -0.497 e. The number of nitrogens with zero attached hydrogens (tertiary/aromatic N) is 1. The van der Waals surface area contributed by atoms with E-state index in [1.807, 2.05) is 48.5 Å². The number of ether oxygens (including phenoxy) is 1. The monoisotopic (exact) mass is 400 g/mol. The molecule has 5 heteroatoms. The number of para-hydroxylation sites is 1. The molecule has 0 unspecified atom stereocenters. The van der Waals surface area contributed by atoms with Gasteiger partial charge in [-0.15, -0.1) is 0 Å². The van der Waals surface area contributed by atoms with E-state index in [1.54, 1.807) is 36.3 Å². The van der Waals surface area contributed by atoms with Gasteiger partial charge in [-0.2, -0.15) is 0 Å². The SMILES string of the molecule is COc1ccc(C(=O)N[C@H](C(=O)N2CCCc3ccccc32)c2ccccc2)cc1. The van der Waals surface area contributed by atoms with Gasteiger partial charge in [-0.1, -0.05) is 48.5 Å². The van der Waals surface area contributed by atoms with Crippen molar-refractivity contribution >= 4 is 17.5 Å². The van der Waals surface area contributed by atoms with E-state index in [2.05, 4.69) is 11.4 Å². The Labute approximate surface area is 176 Å². The van der Waals surface area contributed by atoms with Crippen molar-refractivity contribution in [3.05, 3.63) is 95.6 Å². The number of rotatable bonds is 5. The Bertz CT molecular complexity index is 1030. The number of nitrogens with one attached hydrogen (secondary N) is 1. The third-order valence-electron chi connectivity index (χ3n) is 5.38. The van der Waals surface area contributed by atoms with Gasteiger partial charge in [0.2, 0.25) is 0 Å². The standard InChI is InChI=1S/C25H24N2O3/c1-30-21-15-13-20(14-16-21)24(28)26-23(19-9-3-2-4-10-19)25(29)27-17-7-11-18-8-5-6-12-22(18)27/h2-6,8-10,12-16,23H,7,11,17H2,1H3,(H,26,28)/t23-/m0/s1. The number of hydrogen-bond acceptors (Lipinski definition) is 3. The first-order chi connectivity index (χ1) is 14.7. The average molecular weight is 400 g/mol. The van der Waals surface area contributed by atoms with E-state index in [1.165, 1.54) is 0 Å². The molecule has 1 aliphatic heterocycles. The van der Waals surface area contributed by atoms with Crippen molar-refractivity contribution in [3.8, 4) is 5.75 Å². The van der Waals surface area contributed by atoms with Gasteiger partial charge in [0.15, 0.2) is 0 Å². The topological polar surface area (TPSA) is 58.6 Å². The van der Waals surface area contributed by atoms with Crippen LogP contribution in [0.15, 0.2) is 78.9 Å². The van der Waals surface area contributed by atoms with E-state index in [-0.39, 0.29) is 11.8 Å². The highest BCUT2D eigenvalue weighted by Gasteiger charge is 2.31. The number of fused-ring (bicyclic) bond motifs is 1. The lowest BCUT2D eigenvalue weighted by molar-refractivity contribution is -0.120. The molecule has 0 bridgehead atoms. The molecule has 0 aliphatic carbocycles. The quantitative estimate of drug-likeness (QED) is 0.700. The molecule has 30 heavy (non-hydrogen) atoms.